The normalized spacial score (nSPS) is 11.7. The van der Waals surface area contributed by atoms with E-state index in [0.29, 0.717) is 29.7 Å². The third kappa shape index (κ3) is 6.49. The molecule has 2 aromatic carbocycles. The van der Waals surface area contributed by atoms with Gasteiger partial charge >= 0.3 is 0 Å². The molecule has 2 aromatic rings. The molecular formula is C22H25Cl2N3O6. The lowest BCUT2D eigenvalue weighted by atomic mass is 10.2. The largest absolute Gasteiger partial charge is 0.495 e. The number of anilines is 1. The fourth-order valence-corrected chi connectivity index (χ4v) is 3.25. The first kappa shape index (κ1) is 26.2. The fraction of sp³-hybridized carbons (Fsp3) is 0.364. The van der Waals surface area contributed by atoms with Crippen LogP contribution in [0.4, 0.5) is 11.4 Å². The third-order valence-electron chi connectivity index (χ3n) is 4.28. The molecule has 2 rings (SSSR count). The molecule has 0 saturated heterocycles. The lowest BCUT2D eigenvalue weighted by Crippen LogP contribution is -2.32. The van der Waals surface area contributed by atoms with Crippen molar-refractivity contribution in [1.29, 1.82) is 0 Å². The monoisotopic (exact) mass is 497 g/mol. The molecule has 33 heavy (non-hydrogen) atoms. The van der Waals surface area contributed by atoms with Crippen LogP contribution in [0.5, 0.6) is 23.0 Å². The number of amides is 1. The van der Waals surface area contributed by atoms with Gasteiger partial charge in [0.05, 0.1) is 38.1 Å². The average Bonchev–Trinajstić information content (AvgIpc) is 2.78. The zero-order chi connectivity index (χ0) is 24.5. The lowest BCUT2D eigenvalue weighted by molar-refractivity contribution is -0.126. The number of carbonyl (C=O) groups is 2. The van der Waals surface area contributed by atoms with Gasteiger partial charge in [0.15, 0.2) is 11.5 Å². The van der Waals surface area contributed by atoms with Crippen LogP contribution in [-0.2, 0) is 9.59 Å². The molecule has 0 saturated carbocycles. The lowest BCUT2D eigenvalue weighted by Gasteiger charge is -2.15. The number of nitrogens with one attached hydrogen (secondary N) is 1. The van der Waals surface area contributed by atoms with Gasteiger partial charge in [-0.25, -0.2) is 0 Å². The first-order valence-corrected chi connectivity index (χ1v) is 10.7. The Morgan fingerprint density at radius 1 is 1.00 bits per heavy atom. The molecule has 0 aliphatic heterocycles. The molecule has 0 fully saturated rings. The highest BCUT2D eigenvalue weighted by molar-refractivity contribution is 6.34. The summed E-state index contributed by atoms with van der Waals surface area (Å²) in [5.41, 5.74) is 0.499. The number of Topliss-reactive ketones (excluding diaryl/α,β-unsaturated/α-hetero) is 1. The molecule has 9 nitrogen and oxygen atoms in total. The van der Waals surface area contributed by atoms with Gasteiger partial charge in [-0.1, -0.05) is 23.2 Å². The van der Waals surface area contributed by atoms with Crippen LogP contribution in [0.15, 0.2) is 34.5 Å². The summed E-state index contributed by atoms with van der Waals surface area (Å²) in [7, 11) is 2.85. The topological polar surface area (TPSA) is 108 Å². The van der Waals surface area contributed by atoms with E-state index in [2.05, 4.69) is 15.5 Å². The molecule has 178 valence electrons. The van der Waals surface area contributed by atoms with E-state index in [9.17, 15) is 9.59 Å². The molecule has 0 heterocycles. The van der Waals surface area contributed by atoms with Crippen molar-refractivity contribution in [3.63, 3.8) is 0 Å². The zero-order valence-electron chi connectivity index (χ0n) is 18.9. The van der Waals surface area contributed by atoms with Crippen LogP contribution < -0.4 is 24.3 Å². The van der Waals surface area contributed by atoms with Crippen molar-refractivity contribution in [2.75, 3.05) is 32.8 Å². The van der Waals surface area contributed by atoms with Crippen LogP contribution in [0, 0.1) is 0 Å². The maximum atomic E-state index is 12.9. The van der Waals surface area contributed by atoms with E-state index < -0.39 is 17.7 Å². The number of azo groups is 1. The number of carbonyl (C=O) groups excluding carboxylic acids is 2. The Hall–Kier alpha value is -3.04. The van der Waals surface area contributed by atoms with Gasteiger partial charge in [0, 0.05) is 12.1 Å². The summed E-state index contributed by atoms with van der Waals surface area (Å²) >= 11 is 12.5. The Labute approximate surface area is 202 Å². The van der Waals surface area contributed by atoms with Gasteiger partial charge in [0.1, 0.15) is 28.0 Å². The van der Waals surface area contributed by atoms with E-state index in [0.717, 1.165) is 0 Å². The van der Waals surface area contributed by atoms with Crippen LogP contribution in [0.2, 0.25) is 10.0 Å². The predicted molar refractivity (Wildman–Crippen MR) is 126 cm³/mol. The number of hydrogen-bond acceptors (Lipinski definition) is 8. The summed E-state index contributed by atoms with van der Waals surface area (Å²) < 4.78 is 21.5. The van der Waals surface area contributed by atoms with Crippen molar-refractivity contribution in [1.82, 2.24) is 0 Å². The van der Waals surface area contributed by atoms with Crippen molar-refractivity contribution in [2.45, 2.75) is 26.8 Å². The number of hydrogen-bond donors (Lipinski definition) is 1. The number of rotatable bonds is 11. The van der Waals surface area contributed by atoms with E-state index in [1.165, 1.54) is 33.3 Å². The molecule has 1 unspecified atom stereocenters. The Balaban J connectivity index is 2.36. The molecule has 0 aliphatic carbocycles. The highest BCUT2D eigenvalue weighted by Crippen LogP contribution is 2.42. The fourth-order valence-electron chi connectivity index (χ4n) is 2.75. The molecule has 11 heteroatoms. The van der Waals surface area contributed by atoms with Gasteiger partial charge in [-0.2, -0.15) is 10.2 Å². The van der Waals surface area contributed by atoms with Gasteiger partial charge < -0.3 is 24.3 Å². The third-order valence-corrected chi connectivity index (χ3v) is 4.93. The first-order chi connectivity index (χ1) is 15.8. The molecule has 1 atom stereocenters. The Morgan fingerprint density at radius 2 is 1.67 bits per heavy atom. The van der Waals surface area contributed by atoms with Crippen molar-refractivity contribution < 1.29 is 28.5 Å². The number of ketones is 1. The van der Waals surface area contributed by atoms with Gasteiger partial charge in [-0.05, 0) is 32.9 Å². The van der Waals surface area contributed by atoms with Crippen LogP contribution in [0.1, 0.15) is 20.8 Å². The second kappa shape index (κ2) is 12.3. The standard InChI is InChI=1S/C22H25Cl2N3O6/c1-6-32-16-9-8-14(21(19(16)24)33-7-2)26-27-20(12(3)28)22(29)25-15-11-17(30-4)13(23)10-18(15)31-5/h8-11,20H,6-7H2,1-5H3,(H,25,29). The Kier molecular flexibility index (Phi) is 9.74. The van der Waals surface area contributed by atoms with Crippen molar-refractivity contribution >= 4 is 46.3 Å². The van der Waals surface area contributed by atoms with E-state index >= 15 is 0 Å². The molecule has 0 radical (unpaired) electrons. The number of ether oxygens (including phenoxy) is 4. The highest BCUT2D eigenvalue weighted by atomic mass is 35.5. The van der Waals surface area contributed by atoms with Gasteiger partial charge in [-0.3, -0.25) is 9.59 Å². The number of methoxy groups -OCH3 is 2. The summed E-state index contributed by atoms with van der Waals surface area (Å²) in [6.45, 7) is 5.57. The predicted octanol–water partition coefficient (Wildman–Crippen LogP) is 5.49. The quantitative estimate of drug-likeness (QED) is 0.324. The van der Waals surface area contributed by atoms with Crippen molar-refractivity contribution in [3.05, 3.63) is 34.3 Å². The average molecular weight is 498 g/mol. The summed E-state index contributed by atoms with van der Waals surface area (Å²) in [4.78, 5) is 25.0. The van der Waals surface area contributed by atoms with E-state index in [1.54, 1.807) is 19.1 Å². The molecule has 0 bridgehead atoms. The van der Waals surface area contributed by atoms with Gasteiger partial charge in [0.2, 0.25) is 6.04 Å². The maximum absolute atomic E-state index is 12.9. The first-order valence-electron chi connectivity index (χ1n) is 9.99. The van der Waals surface area contributed by atoms with Gasteiger partial charge in [0.25, 0.3) is 5.91 Å². The minimum absolute atomic E-state index is 0.219. The van der Waals surface area contributed by atoms with Crippen LogP contribution in [-0.4, -0.2) is 45.2 Å². The number of nitrogens with zero attached hydrogens (tertiary/aromatic N) is 2. The molecule has 0 spiro atoms. The van der Waals surface area contributed by atoms with E-state index in [1.807, 2.05) is 6.92 Å². The number of benzene rings is 2. The maximum Gasteiger partial charge on any atom is 0.258 e. The zero-order valence-corrected chi connectivity index (χ0v) is 20.4. The molecular weight excluding hydrogens is 473 g/mol. The van der Waals surface area contributed by atoms with Crippen molar-refractivity contribution in [2.24, 2.45) is 10.2 Å². The van der Waals surface area contributed by atoms with E-state index in [-0.39, 0.29) is 27.9 Å². The SMILES string of the molecule is CCOc1ccc(N=NC(C(C)=O)C(=O)Nc2cc(OC)c(Cl)cc2OC)c(OCC)c1Cl. The van der Waals surface area contributed by atoms with E-state index in [4.69, 9.17) is 42.1 Å². The van der Waals surface area contributed by atoms with Gasteiger partial charge in [-0.15, -0.1) is 0 Å². The minimum atomic E-state index is -1.43. The highest BCUT2D eigenvalue weighted by Gasteiger charge is 2.25. The minimum Gasteiger partial charge on any atom is -0.495 e. The summed E-state index contributed by atoms with van der Waals surface area (Å²) in [6, 6.07) is 4.71. The Bertz CT molecular complexity index is 1050. The van der Waals surface area contributed by atoms with Crippen LogP contribution >= 0.6 is 23.2 Å². The molecule has 1 N–H and O–H groups in total. The Morgan fingerprint density at radius 3 is 2.24 bits per heavy atom. The van der Waals surface area contributed by atoms with Crippen LogP contribution in [0.25, 0.3) is 0 Å². The second-order valence-corrected chi connectivity index (χ2v) is 7.28. The van der Waals surface area contributed by atoms with Crippen LogP contribution in [0.3, 0.4) is 0 Å². The smallest absolute Gasteiger partial charge is 0.258 e. The molecule has 0 aliphatic rings. The number of halogens is 2. The molecule has 1 amide bonds. The summed E-state index contributed by atoms with van der Waals surface area (Å²) in [5.74, 6) is 0.0198. The summed E-state index contributed by atoms with van der Waals surface area (Å²) in [6.07, 6.45) is 0. The summed E-state index contributed by atoms with van der Waals surface area (Å²) in [5, 5.41) is 11.1. The second-order valence-electron chi connectivity index (χ2n) is 6.50. The molecule has 0 aromatic heterocycles. The van der Waals surface area contributed by atoms with Crippen molar-refractivity contribution in [3.8, 4) is 23.0 Å².